The lowest BCUT2D eigenvalue weighted by atomic mass is 9.78. The van der Waals surface area contributed by atoms with Crippen LogP contribution in [0.5, 0.6) is 0 Å². The predicted octanol–water partition coefficient (Wildman–Crippen LogP) is 4.58. The quantitative estimate of drug-likeness (QED) is 0.666. The number of carbonyl (C=O) groups excluding carboxylic acids is 2. The van der Waals surface area contributed by atoms with E-state index in [-0.39, 0.29) is 17.9 Å². The third kappa shape index (κ3) is 3.23. The van der Waals surface area contributed by atoms with Crippen LogP contribution in [0.3, 0.4) is 0 Å². The number of likely N-dealkylation sites (N-methyl/N-ethyl adjacent to an activating group) is 1. The van der Waals surface area contributed by atoms with E-state index in [1.807, 2.05) is 60.6 Å². The summed E-state index contributed by atoms with van der Waals surface area (Å²) < 4.78 is 0. The van der Waals surface area contributed by atoms with Crippen LogP contribution in [0.2, 0.25) is 0 Å². The molecular formula is C26H29N3O2. The summed E-state index contributed by atoms with van der Waals surface area (Å²) in [6, 6.07) is 15.4. The number of likely N-dealkylation sites (tertiary alicyclic amines) is 1. The Hall–Kier alpha value is -3.08. The fourth-order valence-electron chi connectivity index (χ4n) is 5.71. The van der Waals surface area contributed by atoms with Gasteiger partial charge in [0.15, 0.2) is 0 Å². The summed E-state index contributed by atoms with van der Waals surface area (Å²) in [5.74, 6) is 0.640. The van der Waals surface area contributed by atoms with Crippen molar-refractivity contribution in [3.8, 4) is 0 Å². The molecule has 5 nitrogen and oxygen atoms in total. The number of H-pyrrole nitrogens is 1. The summed E-state index contributed by atoms with van der Waals surface area (Å²) >= 11 is 0. The largest absolute Gasteiger partial charge is 0.361 e. The minimum absolute atomic E-state index is 0.0321. The van der Waals surface area contributed by atoms with E-state index in [1.165, 1.54) is 0 Å². The third-order valence-corrected chi connectivity index (χ3v) is 6.97. The zero-order valence-corrected chi connectivity index (χ0v) is 18.3. The molecule has 3 aromatic rings. The molecule has 0 saturated carbocycles. The minimum atomic E-state index is -0.421. The first-order valence-corrected chi connectivity index (χ1v) is 11.2. The molecule has 1 saturated heterocycles. The van der Waals surface area contributed by atoms with Crippen LogP contribution >= 0.6 is 0 Å². The van der Waals surface area contributed by atoms with Crippen molar-refractivity contribution in [1.29, 1.82) is 0 Å². The molecule has 5 heteroatoms. The van der Waals surface area contributed by atoms with E-state index >= 15 is 0 Å². The van der Waals surface area contributed by atoms with Crippen molar-refractivity contribution in [2.24, 2.45) is 11.8 Å². The van der Waals surface area contributed by atoms with E-state index in [0.717, 1.165) is 41.5 Å². The Kier molecular flexibility index (Phi) is 4.84. The number of benzene rings is 2. The molecule has 2 amide bonds. The number of fused-ring (bicyclic) bond motifs is 2. The van der Waals surface area contributed by atoms with Crippen LogP contribution < -0.4 is 0 Å². The van der Waals surface area contributed by atoms with Crippen LogP contribution in [-0.4, -0.2) is 46.7 Å². The second-order valence-electron chi connectivity index (χ2n) is 9.40. The van der Waals surface area contributed by atoms with Crippen molar-refractivity contribution >= 4 is 22.7 Å². The van der Waals surface area contributed by atoms with E-state index in [1.54, 1.807) is 4.90 Å². The zero-order valence-electron chi connectivity index (χ0n) is 18.3. The highest BCUT2D eigenvalue weighted by molar-refractivity contribution is 6.02. The van der Waals surface area contributed by atoms with E-state index in [4.69, 9.17) is 0 Å². The Balaban J connectivity index is 1.66. The molecule has 0 unspecified atom stereocenters. The first-order valence-electron chi connectivity index (χ1n) is 11.2. The van der Waals surface area contributed by atoms with E-state index in [9.17, 15) is 9.59 Å². The van der Waals surface area contributed by atoms with Gasteiger partial charge in [0, 0.05) is 48.4 Å². The molecule has 0 radical (unpaired) electrons. The summed E-state index contributed by atoms with van der Waals surface area (Å²) in [4.78, 5) is 34.5. The molecule has 31 heavy (non-hydrogen) atoms. The number of aromatic nitrogens is 1. The SMILES string of the molecule is C[C@@H]1C[C@H](C)CN(C(=O)[C@@H]2c3ccccc3C(=O)N(C)[C@@H]2c2c[nH]c3ccccc23)C1. The van der Waals surface area contributed by atoms with E-state index in [2.05, 4.69) is 24.9 Å². The van der Waals surface area contributed by atoms with Gasteiger partial charge in [0.2, 0.25) is 5.91 Å². The lowest BCUT2D eigenvalue weighted by molar-refractivity contribution is -0.137. The Morgan fingerprint density at radius 2 is 1.65 bits per heavy atom. The number of nitrogens with zero attached hydrogens (tertiary/aromatic N) is 2. The fourth-order valence-corrected chi connectivity index (χ4v) is 5.71. The van der Waals surface area contributed by atoms with Crippen molar-refractivity contribution in [3.63, 3.8) is 0 Å². The maximum atomic E-state index is 14.1. The van der Waals surface area contributed by atoms with E-state index < -0.39 is 5.92 Å². The van der Waals surface area contributed by atoms with Gasteiger partial charge in [-0.2, -0.15) is 0 Å². The number of hydrogen-bond donors (Lipinski definition) is 1. The molecule has 2 aliphatic heterocycles. The van der Waals surface area contributed by atoms with Crippen molar-refractivity contribution < 1.29 is 9.59 Å². The van der Waals surface area contributed by atoms with Gasteiger partial charge >= 0.3 is 0 Å². The number of carbonyl (C=O) groups is 2. The van der Waals surface area contributed by atoms with Gasteiger partial charge in [-0.3, -0.25) is 9.59 Å². The molecule has 5 rings (SSSR count). The van der Waals surface area contributed by atoms with Crippen molar-refractivity contribution in [2.75, 3.05) is 20.1 Å². The zero-order chi connectivity index (χ0) is 21.7. The molecule has 1 aromatic heterocycles. The summed E-state index contributed by atoms with van der Waals surface area (Å²) in [6.07, 6.45) is 3.12. The van der Waals surface area contributed by atoms with Crippen LogP contribution in [0.15, 0.2) is 54.7 Å². The van der Waals surface area contributed by atoms with Crippen molar-refractivity contribution in [1.82, 2.24) is 14.8 Å². The highest BCUT2D eigenvalue weighted by atomic mass is 16.2. The highest BCUT2D eigenvalue weighted by Crippen LogP contribution is 2.45. The molecule has 1 fully saturated rings. The van der Waals surface area contributed by atoms with Gasteiger partial charge in [0.25, 0.3) is 5.91 Å². The molecule has 2 aromatic carbocycles. The van der Waals surface area contributed by atoms with Gasteiger partial charge in [-0.25, -0.2) is 0 Å². The second kappa shape index (κ2) is 7.56. The summed E-state index contributed by atoms with van der Waals surface area (Å²) in [5, 5.41) is 1.06. The lowest BCUT2D eigenvalue weighted by Gasteiger charge is -2.43. The standard InChI is InChI=1S/C26H29N3O2/c1-16-12-17(2)15-29(14-16)26(31)23-19-9-4-5-10-20(19)25(30)28(3)24(23)21-13-27-22-11-7-6-8-18(21)22/h4-11,13,16-17,23-24,27H,12,14-15H2,1-3H3/t16-,17+,23-,24-/m1/s1. The molecular weight excluding hydrogens is 386 g/mol. The van der Waals surface area contributed by atoms with Gasteiger partial charge < -0.3 is 14.8 Å². The number of nitrogens with one attached hydrogen (secondary N) is 1. The Labute approximate surface area is 183 Å². The third-order valence-electron chi connectivity index (χ3n) is 6.97. The van der Waals surface area contributed by atoms with Crippen molar-refractivity contribution in [2.45, 2.75) is 32.2 Å². The highest BCUT2D eigenvalue weighted by Gasteiger charge is 2.45. The molecule has 4 atom stereocenters. The Morgan fingerprint density at radius 3 is 2.42 bits per heavy atom. The summed E-state index contributed by atoms with van der Waals surface area (Å²) in [6.45, 7) is 6.00. The maximum absolute atomic E-state index is 14.1. The van der Waals surface area contributed by atoms with Crippen LogP contribution in [0, 0.1) is 11.8 Å². The second-order valence-corrected chi connectivity index (χ2v) is 9.40. The normalized spacial score (nSPS) is 26.2. The minimum Gasteiger partial charge on any atom is -0.361 e. The lowest BCUT2D eigenvalue weighted by Crippen LogP contribution is -2.50. The average Bonchev–Trinajstić information content (AvgIpc) is 3.19. The first kappa shape index (κ1) is 19.9. The Bertz CT molecular complexity index is 1140. The van der Waals surface area contributed by atoms with Gasteiger partial charge in [-0.05, 0) is 36.0 Å². The maximum Gasteiger partial charge on any atom is 0.254 e. The number of hydrogen-bond acceptors (Lipinski definition) is 2. The molecule has 160 valence electrons. The molecule has 0 bridgehead atoms. The molecule has 2 aliphatic rings. The molecule has 1 N–H and O–H groups in total. The number of rotatable bonds is 2. The average molecular weight is 416 g/mol. The van der Waals surface area contributed by atoms with Crippen LogP contribution in [0.4, 0.5) is 0 Å². The number of amides is 2. The summed E-state index contributed by atoms with van der Waals surface area (Å²) in [7, 11) is 1.83. The van der Waals surface area contributed by atoms with Crippen LogP contribution in [-0.2, 0) is 4.79 Å². The molecule has 3 heterocycles. The fraction of sp³-hybridized carbons (Fsp3) is 0.385. The smallest absolute Gasteiger partial charge is 0.254 e. The van der Waals surface area contributed by atoms with Crippen LogP contribution in [0.1, 0.15) is 53.7 Å². The first-order chi connectivity index (χ1) is 15.0. The van der Waals surface area contributed by atoms with Gasteiger partial charge in [0.05, 0.1) is 12.0 Å². The van der Waals surface area contributed by atoms with Gasteiger partial charge in [0.1, 0.15) is 0 Å². The predicted molar refractivity (Wildman–Crippen MR) is 122 cm³/mol. The summed E-state index contributed by atoms with van der Waals surface area (Å²) in [5.41, 5.74) is 3.50. The monoisotopic (exact) mass is 415 g/mol. The van der Waals surface area contributed by atoms with Gasteiger partial charge in [-0.15, -0.1) is 0 Å². The molecule has 0 spiro atoms. The van der Waals surface area contributed by atoms with Gasteiger partial charge in [-0.1, -0.05) is 50.2 Å². The number of aromatic amines is 1. The molecule has 0 aliphatic carbocycles. The Morgan fingerprint density at radius 1 is 0.968 bits per heavy atom. The topological polar surface area (TPSA) is 56.4 Å². The van der Waals surface area contributed by atoms with Crippen molar-refractivity contribution in [3.05, 3.63) is 71.4 Å². The number of piperidine rings is 1. The van der Waals surface area contributed by atoms with E-state index in [0.29, 0.717) is 17.4 Å². The number of para-hydroxylation sites is 1. The van der Waals surface area contributed by atoms with Crippen LogP contribution in [0.25, 0.3) is 10.9 Å².